The standard InChI is InChI=1S/C14H20N2/c1-2-5-13-11(4-1)10-16-14(13)6-3-9-15-12-7-8-12/h1-2,4-5,12,14-16H,3,6-10H2. The third kappa shape index (κ3) is 2.28. The van der Waals surface area contributed by atoms with E-state index in [9.17, 15) is 0 Å². The Hall–Kier alpha value is -0.860. The first kappa shape index (κ1) is 10.3. The molecule has 1 unspecified atom stereocenters. The summed E-state index contributed by atoms with van der Waals surface area (Å²) in [6, 6.07) is 10.2. The number of hydrogen-bond acceptors (Lipinski definition) is 2. The Morgan fingerprint density at radius 1 is 1.25 bits per heavy atom. The van der Waals surface area contributed by atoms with Gasteiger partial charge < -0.3 is 10.6 Å². The van der Waals surface area contributed by atoms with Crippen LogP contribution in [0.25, 0.3) is 0 Å². The Labute approximate surface area is 97.4 Å². The third-order valence-corrected chi connectivity index (χ3v) is 3.65. The van der Waals surface area contributed by atoms with Crippen LogP contribution < -0.4 is 10.6 Å². The summed E-state index contributed by atoms with van der Waals surface area (Å²) in [7, 11) is 0. The minimum Gasteiger partial charge on any atom is -0.314 e. The fourth-order valence-corrected chi connectivity index (χ4v) is 2.54. The molecule has 1 atom stereocenters. The summed E-state index contributed by atoms with van der Waals surface area (Å²) < 4.78 is 0. The Balaban J connectivity index is 1.48. The molecule has 2 N–H and O–H groups in total. The van der Waals surface area contributed by atoms with Crippen LogP contribution in [-0.4, -0.2) is 12.6 Å². The van der Waals surface area contributed by atoms with Crippen LogP contribution >= 0.6 is 0 Å². The highest BCUT2D eigenvalue weighted by atomic mass is 15.0. The lowest BCUT2D eigenvalue weighted by atomic mass is 10.0. The molecule has 1 fully saturated rings. The smallest absolute Gasteiger partial charge is 0.0326 e. The molecule has 0 amide bonds. The van der Waals surface area contributed by atoms with Crippen LogP contribution in [0.2, 0.25) is 0 Å². The normalized spacial score (nSPS) is 23.4. The van der Waals surface area contributed by atoms with Gasteiger partial charge in [0.1, 0.15) is 0 Å². The molecular formula is C14H20N2. The zero-order valence-corrected chi connectivity index (χ0v) is 9.71. The number of benzene rings is 1. The van der Waals surface area contributed by atoms with Gasteiger partial charge in [0, 0.05) is 18.6 Å². The second kappa shape index (κ2) is 4.56. The van der Waals surface area contributed by atoms with Crippen LogP contribution in [0.5, 0.6) is 0 Å². The number of fused-ring (bicyclic) bond motifs is 1. The van der Waals surface area contributed by atoms with Crippen LogP contribution in [0.15, 0.2) is 24.3 Å². The molecule has 0 radical (unpaired) electrons. The molecule has 3 rings (SSSR count). The first-order valence-electron chi connectivity index (χ1n) is 6.48. The minimum absolute atomic E-state index is 0.595. The van der Waals surface area contributed by atoms with Crippen molar-refractivity contribution >= 4 is 0 Å². The molecule has 1 aromatic rings. The van der Waals surface area contributed by atoms with Gasteiger partial charge >= 0.3 is 0 Å². The highest BCUT2D eigenvalue weighted by molar-refractivity contribution is 5.33. The van der Waals surface area contributed by atoms with E-state index in [1.807, 2.05) is 0 Å². The van der Waals surface area contributed by atoms with Crippen molar-refractivity contribution in [3.63, 3.8) is 0 Å². The molecule has 1 aliphatic carbocycles. The summed E-state index contributed by atoms with van der Waals surface area (Å²) >= 11 is 0. The predicted molar refractivity (Wildman–Crippen MR) is 66.3 cm³/mol. The topological polar surface area (TPSA) is 24.1 Å². The van der Waals surface area contributed by atoms with Crippen molar-refractivity contribution in [1.82, 2.24) is 10.6 Å². The van der Waals surface area contributed by atoms with Gasteiger partial charge in [0.2, 0.25) is 0 Å². The van der Waals surface area contributed by atoms with E-state index in [1.165, 1.54) is 43.4 Å². The lowest BCUT2D eigenvalue weighted by molar-refractivity contribution is 0.504. The summed E-state index contributed by atoms with van der Waals surface area (Å²) in [6.45, 7) is 2.24. The quantitative estimate of drug-likeness (QED) is 0.738. The van der Waals surface area contributed by atoms with E-state index < -0.39 is 0 Å². The van der Waals surface area contributed by atoms with Crippen LogP contribution in [0.4, 0.5) is 0 Å². The van der Waals surface area contributed by atoms with Gasteiger partial charge in [-0.05, 0) is 43.4 Å². The lowest BCUT2D eigenvalue weighted by Crippen LogP contribution is -2.19. The number of nitrogens with one attached hydrogen (secondary N) is 2. The molecule has 1 saturated carbocycles. The number of hydrogen-bond donors (Lipinski definition) is 2. The minimum atomic E-state index is 0.595. The van der Waals surface area contributed by atoms with E-state index in [2.05, 4.69) is 34.9 Å². The summed E-state index contributed by atoms with van der Waals surface area (Å²) in [5, 5.41) is 7.17. The van der Waals surface area contributed by atoms with Gasteiger partial charge in [-0.15, -0.1) is 0 Å². The molecule has 0 saturated heterocycles. The molecule has 2 heteroatoms. The molecule has 0 bridgehead atoms. The SMILES string of the molecule is c1ccc2c(c1)CNC2CCCNC1CC1. The molecule has 0 spiro atoms. The molecule has 2 nitrogen and oxygen atoms in total. The van der Waals surface area contributed by atoms with Gasteiger partial charge in [0.15, 0.2) is 0 Å². The highest BCUT2D eigenvalue weighted by Crippen LogP contribution is 2.28. The van der Waals surface area contributed by atoms with E-state index >= 15 is 0 Å². The maximum atomic E-state index is 3.60. The van der Waals surface area contributed by atoms with Crippen LogP contribution in [0.3, 0.4) is 0 Å². The number of rotatable bonds is 5. The van der Waals surface area contributed by atoms with Crippen molar-refractivity contribution < 1.29 is 0 Å². The summed E-state index contributed by atoms with van der Waals surface area (Å²) in [6.07, 6.45) is 5.33. The van der Waals surface area contributed by atoms with Gasteiger partial charge in [-0.2, -0.15) is 0 Å². The van der Waals surface area contributed by atoms with Gasteiger partial charge in [0.05, 0.1) is 0 Å². The average Bonchev–Trinajstić information content (AvgIpc) is 3.05. The van der Waals surface area contributed by atoms with Gasteiger partial charge in [-0.3, -0.25) is 0 Å². The maximum Gasteiger partial charge on any atom is 0.0326 e. The predicted octanol–water partition coefficient (Wildman–Crippen LogP) is 2.36. The van der Waals surface area contributed by atoms with Crippen LogP contribution in [0, 0.1) is 0 Å². The fourth-order valence-electron chi connectivity index (χ4n) is 2.54. The summed E-state index contributed by atoms with van der Waals surface area (Å²) in [4.78, 5) is 0. The van der Waals surface area contributed by atoms with Gasteiger partial charge in [-0.1, -0.05) is 24.3 Å². The third-order valence-electron chi connectivity index (χ3n) is 3.65. The summed E-state index contributed by atoms with van der Waals surface area (Å²) in [5.41, 5.74) is 3.01. The zero-order valence-electron chi connectivity index (χ0n) is 9.71. The maximum absolute atomic E-state index is 3.60. The molecule has 2 aliphatic rings. The molecule has 16 heavy (non-hydrogen) atoms. The van der Waals surface area contributed by atoms with Crippen molar-refractivity contribution in [1.29, 1.82) is 0 Å². The monoisotopic (exact) mass is 216 g/mol. The first-order chi connectivity index (χ1) is 7.93. The van der Waals surface area contributed by atoms with Crippen LogP contribution in [0.1, 0.15) is 42.9 Å². The lowest BCUT2D eigenvalue weighted by Gasteiger charge is -2.12. The van der Waals surface area contributed by atoms with Crippen molar-refractivity contribution in [2.75, 3.05) is 6.54 Å². The van der Waals surface area contributed by atoms with Crippen LogP contribution in [-0.2, 0) is 6.54 Å². The molecule has 86 valence electrons. The fraction of sp³-hybridized carbons (Fsp3) is 0.571. The Morgan fingerprint density at radius 2 is 2.12 bits per heavy atom. The van der Waals surface area contributed by atoms with Gasteiger partial charge in [-0.25, -0.2) is 0 Å². The Bertz CT molecular complexity index is 358. The van der Waals surface area contributed by atoms with Crippen molar-refractivity contribution in [2.24, 2.45) is 0 Å². The van der Waals surface area contributed by atoms with E-state index in [0.717, 1.165) is 12.6 Å². The molecule has 0 aromatic heterocycles. The zero-order chi connectivity index (χ0) is 10.8. The van der Waals surface area contributed by atoms with Crippen molar-refractivity contribution in [3.05, 3.63) is 35.4 Å². The van der Waals surface area contributed by atoms with Crippen molar-refractivity contribution in [2.45, 2.75) is 44.3 Å². The Kier molecular flexibility index (Phi) is 2.94. The summed E-state index contributed by atoms with van der Waals surface area (Å²) in [5.74, 6) is 0. The average molecular weight is 216 g/mol. The van der Waals surface area contributed by atoms with E-state index in [-0.39, 0.29) is 0 Å². The molecule has 1 heterocycles. The van der Waals surface area contributed by atoms with E-state index in [4.69, 9.17) is 0 Å². The van der Waals surface area contributed by atoms with E-state index in [1.54, 1.807) is 0 Å². The molecular weight excluding hydrogens is 196 g/mol. The largest absolute Gasteiger partial charge is 0.314 e. The molecule has 1 aliphatic heterocycles. The second-order valence-corrected chi connectivity index (χ2v) is 5.00. The second-order valence-electron chi connectivity index (χ2n) is 5.00. The van der Waals surface area contributed by atoms with Crippen molar-refractivity contribution in [3.8, 4) is 0 Å². The van der Waals surface area contributed by atoms with Gasteiger partial charge in [0.25, 0.3) is 0 Å². The first-order valence-corrected chi connectivity index (χ1v) is 6.48. The van der Waals surface area contributed by atoms with E-state index in [0.29, 0.717) is 6.04 Å². The Morgan fingerprint density at radius 3 is 3.00 bits per heavy atom. The molecule has 1 aromatic carbocycles. The highest BCUT2D eigenvalue weighted by Gasteiger charge is 2.22.